The lowest BCUT2D eigenvalue weighted by Gasteiger charge is -2.54. The molecule has 1 aromatic carbocycles. The first-order valence-electron chi connectivity index (χ1n) is 6.92. The molecule has 19 heavy (non-hydrogen) atoms. The Labute approximate surface area is 120 Å². The minimum atomic E-state index is -2.18. The largest absolute Gasteiger partial charge is 0.401 e. The molecule has 108 valence electrons. The van der Waals surface area contributed by atoms with Gasteiger partial charge < -0.3 is 8.99 Å². The van der Waals surface area contributed by atoms with Crippen LogP contribution >= 0.6 is 0 Å². The van der Waals surface area contributed by atoms with Crippen molar-refractivity contribution in [1.29, 1.82) is 0 Å². The van der Waals surface area contributed by atoms with Crippen LogP contribution in [0.15, 0.2) is 30.3 Å². The molecule has 0 saturated heterocycles. The summed E-state index contributed by atoms with van der Waals surface area (Å²) in [5.74, 6) is 0. The fourth-order valence-electron chi connectivity index (χ4n) is 3.71. The third-order valence-electron chi connectivity index (χ3n) is 3.94. The third-order valence-corrected chi connectivity index (χ3v) is 9.80. The highest BCUT2D eigenvalue weighted by Crippen LogP contribution is 2.53. The van der Waals surface area contributed by atoms with E-state index >= 15 is 0 Å². The number of rotatable bonds is 3. The molecular formula is C16H29NOSi. The van der Waals surface area contributed by atoms with Crippen LogP contribution in [-0.2, 0) is 4.43 Å². The van der Waals surface area contributed by atoms with Gasteiger partial charge in [0, 0.05) is 22.9 Å². The fourth-order valence-corrected chi connectivity index (χ4v) is 9.99. The number of hydrogen-bond donors (Lipinski definition) is 0. The quantitative estimate of drug-likeness (QED) is 0.736. The molecule has 0 amide bonds. The van der Waals surface area contributed by atoms with E-state index in [0.29, 0.717) is 0 Å². The van der Waals surface area contributed by atoms with Gasteiger partial charge in [-0.05, 0) is 19.2 Å². The van der Waals surface area contributed by atoms with Gasteiger partial charge in [0.1, 0.15) is 0 Å². The van der Waals surface area contributed by atoms with Crippen molar-refractivity contribution < 1.29 is 4.43 Å². The molecule has 0 unspecified atom stereocenters. The first-order chi connectivity index (χ1) is 8.58. The second-order valence-corrected chi connectivity index (χ2v) is 12.6. The Balaban J connectivity index is 3.41. The fraction of sp³-hybridized carbons (Fsp3) is 0.625. The Morgan fingerprint density at radius 1 is 0.895 bits per heavy atom. The Hall–Kier alpha value is -0.803. The number of benzene rings is 1. The lowest BCUT2D eigenvalue weighted by atomic mass is 10.2. The summed E-state index contributed by atoms with van der Waals surface area (Å²) in [4.78, 5) is 0. The number of anilines is 1. The van der Waals surface area contributed by atoms with Gasteiger partial charge in [0.2, 0.25) is 0 Å². The zero-order chi connectivity index (χ0) is 14.9. The molecule has 0 aromatic heterocycles. The van der Waals surface area contributed by atoms with Gasteiger partial charge in [0.15, 0.2) is 0 Å². The normalized spacial score (nSPS) is 13.5. The minimum absolute atomic E-state index is 0.116. The third kappa shape index (κ3) is 2.72. The molecular weight excluding hydrogens is 250 g/mol. The Morgan fingerprint density at radius 3 is 1.63 bits per heavy atom. The van der Waals surface area contributed by atoms with Gasteiger partial charge in [-0.25, -0.2) is 0 Å². The number of para-hydroxylation sites is 1. The van der Waals surface area contributed by atoms with E-state index in [9.17, 15) is 0 Å². The van der Waals surface area contributed by atoms with Gasteiger partial charge in [-0.2, -0.15) is 0 Å². The molecule has 0 aliphatic rings. The summed E-state index contributed by atoms with van der Waals surface area (Å²) in [6, 6.07) is 10.6. The van der Waals surface area contributed by atoms with Crippen LogP contribution < -0.4 is 4.57 Å². The molecule has 0 bridgehead atoms. The van der Waals surface area contributed by atoms with Crippen LogP contribution in [-0.4, -0.2) is 22.6 Å². The summed E-state index contributed by atoms with van der Waals surface area (Å²) in [5, 5.41) is 0.231. The summed E-state index contributed by atoms with van der Waals surface area (Å²) < 4.78 is 8.66. The molecule has 0 fully saturated rings. The maximum Gasteiger partial charge on any atom is 0.311 e. The second kappa shape index (κ2) is 5.29. The molecule has 0 radical (unpaired) electrons. The smallest absolute Gasteiger partial charge is 0.311 e. The molecule has 0 heterocycles. The van der Waals surface area contributed by atoms with Gasteiger partial charge in [0.25, 0.3) is 0 Å². The first-order valence-corrected chi connectivity index (χ1v) is 8.77. The average molecular weight is 280 g/mol. The van der Waals surface area contributed by atoms with Crippen molar-refractivity contribution in [3.05, 3.63) is 30.3 Å². The van der Waals surface area contributed by atoms with Gasteiger partial charge in [0.05, 0.1) is 0 Å². The highest BCUT2D eigenvalue weighted by atomic mass is 28.4. The predicted octanol–water partition coefficient (Wildman–Crippen LogP) is 4.81. The van der Waals surface area contributed by atoms with E-state index in [1.165, 1.54) is 5.69 Å². The molecule has 0 aliphatic carbocycles. The van der Waals surface area contributed by atoms with Crippen molar-refractivity contribution in [2.24, 2.45) is 0 Å². The molecule has 1 rings (SSSR count). The Morgan fingerprint density at radius 2 is 1.32 bits per heavy atom. The van der Waals surface area contributed by atoms with Crippen LogP contribution in [0.2, 0.25) is 10.1 Å². The van der Waals surface area contributed by atoms with Crippen LogP contribution in [0.3, 0.4) is 0 Å². The lowest BCUT2D eigenvalue weighted by Crippen LogP contribution is -2.65. The van der Waals surface area contributed by atoms with Crippen LogP contribution in [0.1, 0.15) is 41.5 Å². The van der Waals surface area contributed by atoms with E-state index in [2.05, 4.69) is 83.5 Å². The molecule has 0 atom stereocenters. The summed E-state index contributed by atoms with van der Waals surface area (Å²) in [6.45, 7) is 13.8. The zero-order valence-corrected chi connectivity index (χ0v) is 14.7. The monoisotopic (exact) mass is 279 g/mol. The Kier molecular flexibility index (Phi) is 4.53. The van der Waals surface area contributed by atoms with E-state index in [-0.39, 0.29) is 10.1 Å². The molecule has 3 heteroatoms. The van der Waals surface area contributed by atoms with Crippen molar-refractivity contribution in [2.75, 3.05) is 18.7 Å². The maximum absolute atomic E-state index is 6.25. The van der Waals surface area contributed by atoms with Crippen molar-refractivity contribution in [1.82, 2.24) is 0 Å². The van der Waals surface area contributed by atoms with Gasteiger partial charge >= 0.3 is 8.48 Å². The molecule has 0 saturated carbocycles. The number of nitrogens with zero attached hydrogens (tertiary/aromatic N) is 1. The van der Waals surface area contributed by atoms with Crippen LogP contribution in [0.25, 0.3) is 0 Å². The van der Waals surface area contributed by atoms with Crippen LogP contribution in [0.4, 0.5) is 5.69 Å². The van der Waals surface area contributed by atoms with Crippen molar-refractivity contribution in [2.45, 2.75) is 51.6 Å². The standard InChI is InChI=1S/C16H29NOSi/c1-15(2,3)19(18-8,16(4,5)6)17(7)14-12-10-9-11-13-14/h9-13H,1-8H3. The first kappa shape index (κ1) is 16.3. The summed E-state index contributed by atoms with van der Waals surface area (Å²) in [7, 11) is 1.88. The maximum atomic E-state index is 6.25. The van der Waals surface area contributed by atoms with Gasteiger partial charge in [-0.15, -0.1) is 0 Å². The van der Waals surface area contributed by atoms with E-state index in [0.717, 1.165) is 0 Å². The highest BCUT2D eigenvalue weighted by Gasteiger charge is 2.58. The van der Waals surface area contributed by atoms with Gasteiger partial charge in [-0.3, -0.25) is 0 Å². The van der Waals surface area contributed by atoms with E-state index in [1.54, 1.807) is 0 Å². The van der Waals surface area contributed by atoms with E-state index in [4.69, 9.17) is 4.43 Å². The highest BCUT2D eigenvalue weighted by molar-refractivity contribution is 6.82. The van der Waals surface area contributed by atoms with Crippen LogP contribution in [0, 0.1) is 0 Å². The summed E-state index contributed by atoms with van der Waals surface area (Å²) in [6.07, 6.45) is 0. The number of hydrogen-bond acceptors (Lipinski definition) is 2. The summed E-state index contributed by atoms with van der Waals surface area (Å²) in [5.41, 5.74) is 1.24. The SMILES string of the molecule is CO[Si](N(C)c1ccccc1)(C(C)(C)C)C(C)(C)C. The minimum Gasteiger partial charge on any atom is -0.401 e. The zero-order valence-electron chi connectivity index (χ0n) is 13.7. The average Bonchev–Trinajstić information content (AvgIpc) is 2.27. The summed E-state index contributed by atoms with van der Waals surface area (Å²) >= 11 is 0. The predicted molar refractivity (Wildman–Crippen MR) is 87.0 cm³/mol. The molecule has 0 N–H and O–H groups in total. The van der Waals surface area contributed by atoms with Crippen LogP contribution in [0.5, 0.6) is 0 Å². The van der Waals surface area contributed by atoms with E-state index in [1.807, 2.05) is 7.11 Å². The van der Waals surface area contributed by atoms with Gasteiger partial charge in [-0.1, -0.05) is 59.7 Å². The van der Waals surface area contributed by atoms with E-state index < -0.39 is 8.48 Å². The topological polar surface area (TPSA) is 12.5 Å². The molecule has 0 aliphatic heterocycles. The van der Waals surface area contributed by atoms with Crippen molar-refractivity contribution in [3.8, 4) is 0 Å². The second-order valence-electron chi connectivity index (χ2n) is 7.24. The molecule has 2 nitrogen and oxygen atoms in total. The molecule has 1 aromatic rings. The van der Waals surface area contributed by atoms with Crippen molar-refractivity contribution >= 4 is 14.2 Å². The Bertz CT molecular complexity index is 389. The molecule has 0 spiro atoms. The van der Waals surface area contributed by atoms with Crippen molar-refractivity contribution in [3.63, 3.8) is 0 Å². The lowest BCUT2D eigenvalue weighted by molar-refractivity contribution is 0.324.